The molecule has 0 aliphatic carbocycles. The van der Waals surface area contributed by atoms with E-state index in [4.69, 9.17) is 0 Å². The average molecular weight is 431 g/mol. The van der Waals surface area contributed by atoms with E-state index in [1.807, 2.05) is 30.3 Å². The van der Waals surface area contributed by atoms with Crippen molar-refractivity contribution in [3.63, 3.8) is 0 Å². The van der Waals surface area contributed by atoms with Crippen molar-refractivity contribution < 1.29 is 27.5 Å². The fourth-order valence-corrected chi connectivity index (χ4v) is 3.04. The molecule has 1 amide bonds. The van der Waals surface area contributed by atoms with Gasteiger partial charge in [-0.25, -0.2) is 4.68 Å². The summed E-state index contributed by atoms with van der Waals surface area (Å²) in [6.45, 7) is 2.03. The Balaban J connectivity index is 1.64. The Kier molecular flexibility index (Phi) is 6.43. The number of rotatable bonds is 7. The van der Waals surface area contributed by atoms with E-state index in [1.165, 1.54) is 24.3 Å². The standard InChI is InChI=1S/C22H20F3N3O3/c1-14-19(15(2)28(27-14)17-6-4-3-5-7-17)20(29)21(30)26-12-16-8-10-18(11-9-16)31-13-22(23,24)25/h3-11H,12-13H2,1-2H3,(H,26,30). The van der Waals surface area contributed by atoms with Crippen LogP contribution in [-0.2, 0) is 11.3 Å². The molecule has 0 saturated carbocycles. The zero-order valence-corrected chi connectivity index (χ0v) is 16.9. The number of para-hydroxylation sites is 1. The number of nitrogens with zero attached hydrogens (tertiary/aromatic N) is 2. The maximum Gasteiger partial charge on any atom is 0.422 e. The van der Waals surface area contributed by atoms with Gasteiger partial charge < -0.3 is 10.1 Å². The lowest BCUT2D eigenvalue weighted by Gasteiger charge is -2.10. The zero-order valence-electron chi connectivity index (χ0n) is 16.9. The van der Waals surface area contributed by atoms with Crippen LogP contribution in [0.2, 0.25) is 0 Å². The molecule has 1 N–H and O–H groups in total. The molecule has 0 fully saturated rings. The molecule has 1 aromatic heterocycles. The summed E-state index contributed by atoms with van der Waals surface area (Å²) in [6.07, 6.45) is -4.42. The predicted octanol–water partition coefficient (Wildman–Crippen LogP) is 3.93. The van der Waals surface area contributed by atoms with E-state index in [2.05, 4.69) is 15.2 Å². The minimum absolute atomic E-state index is 0.0367. The third-order valence-corrected chi connectivity index (χ3v) is 4.50. The fraction of sp³-hybridized carbons (Fsp3) is 0.227. The molecule has 0 saturated heterocycles. The van der Waals surface area contributed by atoms with Gasteiger partial charge in [-0.2, -0.15) is 18.3 Å². The second-order valence-corrected chi connectivity index (χ2v) is 6.85. The van der Waals surface area contributed by atoms with Gasteiger partial charge in [0.05, 0.1) is 22.6 Å². The number of hydrogen-bond acceptors (Lipinski definition) is 4. The summed E-state index contributed by atoms with van der Waals surface area (Å²) in [5, 5.41) is 6.90. The summed E-state index contributed by atoms with van der Waals surface area (Å²) < 4.78 is 42.8. The maximum absolute atomic E-state index is 12.7. The number of carbonyl (C=O) groups excluding carboxylic acids is 2. The van der Waals surface area contributed by atoms with Gasteiger partial charge in [0.2, 0.25) is 0 Å². The third kappa shape index (κ3) is 5.50. The number of halogens is 3. The van der Waals surface area contributed by atoms with Gasteiger partial charge in [0.1, 0.15) is 5.75 Å². The van der Waals surface area contributed by atoms with Crippen LogP contribution in [0.4, 0.5) is 13.2 Å². The Labute approximate surface area is 176 Å². The maximum atomic E-state index is 12.7. The summed E-state index contributed by atoms with van der Waals surface area (Å²) in [6, 6.07) is 15.0. The first-order valence-electron chi connectivity index (χ1n) is 9.38. The summed E-state index contributed by atoms with van der Waals surface area (Å²) in [4.78, 5) is 25.1. The molecule has 0 radical (unpaired) electrons. The molecule has 6 nitrogen and oxygen atoms in total. The number of alkyl halides is 3. The van der Waals surface area contributed by atoms with Crippen molar-refractivity contribution >= 4 is 11.7 Å². The molecule has 3 aromatic rings. The minimum Gasteiger partial charge on any atom is -0.484 e. The van der Waals surface area contributed by atoms with E-state index in [9.17, 15) is 22.8 Å². The van der Waals surface area contributed by atoms with Gasteiger partial charge in [0.25, 0.3) is 11.7 Å². The molecule has 162 valence electrons. The lowest BCUT2D eigenvalue weighted by atomic mass is 10.1. The third-order valence-electron chi connectivity index (χ3n) is 4.50. The Bertz CT molecular complexity index is 1080. The van der Waals surface area contributed by atoms with Crippen LogP contribution in [-0.4, -0.2) is 34.3 Å². The largest absolute Gasteiger partial charge is 0.484 e. The first-order valence-corrected chi connectivity index (χ1v) is 9.38. The lowest BCUT2D eigenvalue weighted by Crippen LogP contribution is -2.31. The van der Waals surface area contributed by atoms with Crippen molar-refractivity contribution in [2.75, 3.05) is 6.61 Å². The molecule has 31 heavy (non-hydrogen) atoms. The number of ketones is 1. The average Bonchev–Trinajstić information content (AvgIpc) is 3.04. The summed E-state index contributed by atoms with van der Waals surface area (Å²) in [7, 11) is 0. The highest BCUT2D eigenvalue weighted by atomic mass is 19.4. The summed E-state index contributed by atoms with van der Waals surface area (Å²) >= 11 is 0. The topological polar surface area (TPSA) is 73.2 Å². The van der Waals surface area contributed by atoms with Crippen LogP contribution in [0, 0.1) is 13.8 Å². The van der Waals surface area contributed by atoms with Crippen LogP contribution in [0.1, 0.15) is 27.3 Å². The Morgan fingerprint density at radius 3 is 2.29 bits per heavy atom. The van der Waals surface area contributed by atoms with Crippen molar-refractivity contribution in [1.29, 1.82) is 0 Å². The molecule has 9 heteroatoms. The van der Waals surface area contributed by atoms with Gasteiger partial charge in [-0.1, -0.05) is 30.3 Å². The van der Waals surface area contributed by atoms with Gasteiger partial charge in [-0.05, 0) is 43.7 Å². The number of amides is 1. The molecule has 3 rings (SSSR count). The molecule has 0 atom stereocenters. The number of aryl methyl sites for hydroxylation is 1. The number of benzene rings is 2. The van der Waals surface area contributed by atoms with Gasteiger partial charge >= 0.3 is 6.18 Å². The molecular weight excluding hydrogens is 411 g/mol. The van der Waals surface area contributed by atoms with Gasteiger partial charge in [0.15, 0.2) is 6.61 Å². The highest BCUT2D eigenvalue weighted by Crippen LogP contribution is 2.20. The van der Waals surface area contributed by atoms with E-state index in [1.54, 1.807) is 18.5 Å². The number of ether oxygens (including phenoxy) is 1. The van der Waals surface area contributed by atoms with Crippen molar-refractivity contribution in [3.8, 4) is 11.4 Å². The first-order chi connectivity index (χ1) is 14.7. The summed E-state index contributed by atoms with van der Waals surface area (Å²) in [5.74, 6) is -1.44. The lowest BCUT2D eigenvalue weighted by molar-refractivity contribution is -0.153. The quantitative estimate of drug-likeness (QED) is 0.455. The smallest absolute Gasteiger partial charge is 0.422 e. The second kappa shape index (κ2) is 9.03. The van der Waals surface area contributed by atoms with E-state index in [-0.39, 0.29) is 17.9 Å². The SMILES string of the molecule is Cc1nn(-c2ccccc2)c(C)c1C(=O)C(=O)NCc1ccc(OCC(F)(F)F)cc1. The number of Topliss-reactive ketones (excluding diaryl/α,β-unsaturated/α-hetero) is 1. The van der Waals surface area contributed by atoms with Crippen molar-refractivity contribution in [3.05, 3.63) is 77.1 Å². The van der Waals surface area contributed by atoms with Crippen LogP contribution in [0.3, 0.4) is 0 Å². The molecule has 0 aliphatic rings. The normalized spacial score (nSPS) is 11.3. The van der Waals surface area contributed by atoms with E-state index in [0.29, 0.717) is 17.0 Å². The molecule has 0 unspecified atom stereocenters. The minimum atomic E-state index is -4.42. The predicted molar refractivity (Wildman–Crippen MR) is 107 cm³/mol. The fourth-order valence-electron chi connectivity index (χ4n) is 3.04. The highest BCUT2D eigenvalue weighted by molar-refractivity contribution is 6.43. The van der Waals surface area contributed by atoms with E-state index < -0.39 is 24.5 Å². The van der Waals surface area contributed by atoms with E-state index in [0.717, 1.165) is 5.69 Å². The molecule has 0 spiro atoms. The van der Waals surface area contributed by atoms with Gasteiger partial charge in [0, 0.05) is 6.54 Å². The van der Waals surface area contributed by atoms with Crippen LogP contribution in [0.5, 0.6) is 5.75 Å². The monoisotopic (exact) mass is 431 g/mol. The second-order valence-electron chi connectivity index (χ2n) is 6.85. The number of aromatic nitrogens is 2. The van der Waals surface area contributed by atoms with Gasteiger partial charge in [-0.3, -0.25) is 9.59 Å². The molecule has 0 bridgehead atoms. The van der Waals surface area contributed by atoms with Crippen LogP contribution < -0.4 is 10.1 Å². The van der Waals surface area contributed by atoms with Crippen LogP contribution in [0.25, 0.3) is 5.69 Å². The van der Waals surface area contributed by atoms with Gasteiger partial charge in [-0.15, -0.1) is 0 Å². The first kappa shape index (κ1) is 22.1. The van der Waals surface area contributed by atoms with Crippen molar-refractivity contribution in [1.82, 2.24) is 15.1 Å². The number of nitrogens with one attached hydrogen (secondary N) is 1. The molecular formula is C22H20F3N3O3. The molecule has 1 heterocycles. The van der Waals surface area contributed by atoms with Crippen molar-refractivity contribution in [2.24, 2.45) is 0 Å². The van der Waals surface area contributed by atoms with Crippen molar-refractivity contribution in [2.45, 2.75) is 26.6 Å². The highest BCUT2D eigenvalue weighted by Gasteiger charge is 2.28. The molecule has 2 aromatic carbocycles. The van der Waals surface area contributed by atoms with Crippen LogP contribution in [0.15, 0.2) is 54.6 Å². The zero-order chi connectivity index (χ0) is 22.6. The Morgan fingerprint density at radius 1 is 1.03 bits per heavy atom. The number of carbonyl (C=O) groups is 2. The Hall–Kier alpha value is -3.62. The number of hydrogen-bond donors (Lipinski definition) is 1. The summed E-state index contributed by atoms with van der Waals surface area (Å²) in [5.41, 5.74) is 2.60. The molecule has 0 aliphatic heterocycles. The van der Waals surface area contributed by atoms with E-state index >= 15 is 0 Å². The Morgan fingerprint density at radius 2 is 1.68 bits per heavy atom. The van der Waals surface area contributed by atoms with Crippen LogP contribution >= 0.6 is 0 Å².